The molecular formula is C12H8F2N2. The highest BCUT2D eigenvalue weighted by molar-refractivity contribution is 5.72. The number of nitrogens with zero attached hydrogens (tertiary/aromatic N) is 2. The third-order valence-corrected chi connectivity index (χ3v) is 2.06. The maximum Gasteiger partial charge on any atom is 0.270 e. The minimum Gasteiger partial charge on any atom is -0.261 e. The Balaban J connectivity index is 2.53. The summed E-state index contributed by atoms with van der Waals surface area (Å²) in [5, 5.41) is 0. The van der Waals surface area contributed by atoms with Crippen LogP contribution in [0.1, 0.15) is 5.56 Å². The molecule has 0 saturated carbocycles. The van der Waals surface area contributed by atoms with E-state index in [1.165, 1.54) is 12.4 Å². The number of halogens is 2. The minimum absolute atomic E-state index is 0.433. The zero-order valence-electron chi connectivity index (χ0n) is 8.27. The first-order valence-corrected chi connectivity index (χ1v) is 4.65. The molecular weight excluding hydrogens is 210 g/mol. The topological polar surface area (TPSA) is 25.8 Å². The fourth-order valence-electron chi connectivity index (χ4n) is 1.41. The van der Waals surface area contributed by atoms with Gasteiger partial charge in [-0.2, -0.15) is 8.78 Å². The Bertz CT molecular complexity index is 505. The molecule has 2 nitrogen and oxygen atoms in total. The summed E-state index contributed by atoms with van der Waals surface area (Å²) in [4.78, 5) is 7.99. The molecule has 0 aliphatic rings. The summed E-state index contributed by atoms with van der Waals surface area (Å²) in [5.41, 5.74) is 1.65. The fourth-order valence-corrected chi connectivity index (χ4v) is 1.41. The lowest BCUT2D eigenvalue weighted by atomic mass is 10.1. The Morgan fingerprint density at radius 2 is 1.94 bits per heavy atom. The Kier molecular flexibility index (Phi) is 3.00. The third-order valence-electron chi connectivity index (χ3n) is 2.06. The molecule has 0 aliphatic heterocycles. The number of hydrogen-bond donors (Lipinski definition) is 0. The van der Waals surface area contributed by atoms with Crippen molar-refractivity contribution in [3.8, 4) is 11.3 Å². The smallest absolute Gasteiger partial charge is 0.261 e. The molecule has 0 radical (unpaired) electrons. The van der Waals surface area contributed by atoms with Crippen LogP contribution in [0.3, 0.4) is 0 Å². The molecule has 0 spiro atoms. The predicted octanol–water partition coefficient (Wildman–Crippen LogP) is 3.38. The van der Waals surface area contributed by atoms with E-state index in [1.54, 1.807) is 30.5 Å². The van der Waals surface area contributed by atoms with Gasteiger partial charge in [-0.15, -0.1) is 0 Å². The zero-order chi connectivity index (χ0) is 11.4. The molecule has 4 heteroatoms. The summed E-state index contributed by atoms with van der Waals surface area (Å²) < 4.78 is 24.5. The van der Waals surface area contributed by atoms with Crippen molar-refractivity contribution in [1.29, 1.82) is 0 Å². The van der Waals surface area contributed by atoms with Gasteiger partial charge >= 0.3 is 0 Å². The van der Waals surface area contributed by atoms with Crippen molar-refractivity contribution in [1.82, 2.24) is 9.97 Å². The van der Waals surface area contributed by atoms with Gasteiger partial charge in [0.1, 0.15) is 0 Å². The van der Waals surface area contributed by atoms with Gasteiger partial charge in [0.25, 0.3) is 6.08 Å². The lowest BCUT2D eigenvalue weighted by Gasteiger charge is -2.03. The van der Waals surface area contributed by atoms with Gasteiger partial charge in [-0.1, -0.05) is 24.3 Å². The van der Waals surface area contributed by atoms with Crippen LogP contribution in [-0.2, 0) is 0 Å². The van der Waals surface area contributed by atoms with Crippen molar-refractivity contribution < 1.29 is 8.78 Å². The van der Waals surface area contributed by atoms with Crippen LogP contribution in [0.5, 0.6) is 0 Å². The molecule has 1 heterocycles. The number of aromatic nitrogens is 2. The third kappa shape index (κ3) is 2.28. The van der Waals surface area contributed by atoms with E-state index in [4.69, 9.17) is 0 Å². The minimum atomic E-state index is -1.73. The number of rotatable bonds is 2. The van der Waals surface area contributed by atoms with E-state index in [9.17, 15) is 8.78 Å². The van der Waals surface area contributed by atoms with Gasteiger partial charge in [-0.25, -0.2) is 0 Å². The van der Waals surface area contributed by atoms with E-state index in [-0.39, 0.29) is 0 Å². The van der Waals surface area contributed by atoms with Crippen LogP contribution in [0.25, 0.3) is 17.3 Å². The van der Waals surface area contributed by atoms with Gasteiger partial charge in [0.15, 0.2) is 0 Å². The average Bonchev–Trinajstić information content (AvgIpc) is 2.30. The van der Waals surface area contributed by atoms with Crippen LogP contribution >= 0.6 is 0 Å². The molecule has 2 aromatic rings. The molecule has 0 unspecified atom stereocenters. The van der Waals surface area contributed by atoms with Gasteiger partial charge in [0.05, 0.1) is 11.9 Å². The monoisotopic (exact) mass is 218 g/mol. The second-order valence-electron chi connectivity index (χ2n) is 3.11. The first-order chi connectivity index (χ1) is 7.77. The highest BCUT2D eigenvalue weighted by Crippen LogP contribution is 2.23. The van der Waals surface area contributed by atoms with E-state index in [1.807, 2.05) is 0 Å². The van der Waals surface area contributed by atoms with Crippen LogP contribution in [0, 0.1) is 0 Å². The van der Waals surface area contributed by atoms with E-state index in [2.05, 4.69) is 9.97 Å². The highest BCUT2D eigenvalue weighted by Gasteiger charge is 2.04. The molecule has 0 fully saturated rings. The number of hydrogen-bond acceptors (Lipinski definition) is 2. The van der Waals surface area contributed by atoms with Crippen LogP contribution in [-0.4, -0.2) is 9.97 Å². The summed E-state index contributed by atoms with van der Waals surface area (Å²) >= 11 is 0. The summed E-state index contributed by atoms with van der Waals surface area (Å²) in [5.74, 6) is 0. The van der Waals surface area contributed by atoms with Crippen LogP contribution in [0.2, 0.25) is 0 Å². The van der Waals surface area contributed by atoms with Crippen molar-refractivity contribution in [2.75, 3.05) is 0 Å². The molecule has 0 amide bonds. The Morgan fingerprint density at radius 1 is 1.12 bits per heavy atom. The lowest BCUT2D eigenvalue weighted by Crippen LogP contribution is -1.87. The van der Waals surface area contributed by atoms with Gasteiger partial charge in [-0.3, -0.25) is 9.97 Å². The molecule has 0 bridgehead atoms. The molecule has 0 atom stereocenters. The van der Waals surface area contributed by atoms with E-state index < -0.39 is 6.08 Å². The van der Waals surface area contributed by atoms with Crippen LogP contribution in [0.15, 0.2) is 48.9 Å². The van der Waals surface area contributed by atoms with Crippen molar-refractivity contribution in [2.24, 2.45) is 0 Å². The van der Waals surface area contributed by atoms with E-state index in [0.717, 1.165) is 6.08 Å². The van der Waals surface area contributed by atoms with Crippen molar-refractivity contribution in [3.05, 3.63) is 54.5 Å². The van der Waals surface area contributed by atoms with Crippen LogP contribution < -0.4 is 0 Å². The summed E-state index contributed by atoms with van der Waals surface area (Å²) in [6.07, 6.45) is 3.71. The Hall–Kier alpha value is -2.10. The second kappa shape index (κ2) is 4.61. The molecule has 0 aliphatic carbocycles. The maximum absolute atomic E-state index is 12.2. The maximum atomic E-state index is 12.2. The average molecular weight is 218 g/mol. The number of benzene rings is 1. The van der Waals surface area contributed by atoms with Gasteiger partial charge in [0.2, 0.25) is 0 Å². The summed E-state index contributed by atoms with van der Waals surface area (Å²) in [6.45, 7) is 0. The first kappa shape index (κ1) is 10.4. The van der Waals surface area contributed by atoms with E-state index >= 15 is 0 Å². The first-order valence-electron chi connectivity index (χ1n) is 4.65. The highest BCUT2D eigenvalue weighted by atomic mass is 19.3. The second-order valence-corrected chi connectivity index (χ2v) is 3.11. The van der Waals surface area contributed by atoms with Crippen molar-refractivity contribution >= 4 is 6.08 Å². The van der Waals surface area contributed by atoms with Crippen molar-refractivity contribution in [3.63, 3.8) is 0 Å². The molecule has 1 aromatic carbocycles. The molecule has 16 heavy (non-hydrogen) atoms. The largest absolute Gasteiger partial charge is 0.270 e. The fraction of sp³-hybridized carbons (Fsp3) is 0. The molecule has 80 valence electrons. The van der Waals surface area contributed by atoms with Gasteiger partial charge in [-0.05, 0) is 5.56 Å². The lowest BCUT2D eigenvalue weighted by molar-refractivity contribution is 0.429. The SMILES string of the molecule is FC(F)=Cc1ccccc1-c1cnccn1. The molecule has 0 N–H and O–H groups in total. The predicted molar refractivity (Wildman–Crippen MR) is 57.7 cm³/mol. The van der Waals surface area contributed by atoms with Crippen LogP contribution in [0.4, 0.5) is 8.78 Å². The molecule has 0 saturated heterocycles. The Morgan fingerprint density at radius 3 is 2.62 bits per heavy atom. The summed E-state index contributed by atoms with van der Waals surface area (Å²) in [6, 6.07) is 6.83. The summed E-state index contributed by atoms with van der Waals surface area (Å²) in [7, 11) is 0. The zero-order valence-corrected chi connectivity index (χ0v) is 8.27. The molecule has 1 aromatic heterocycles. The Labute approximate surface area is 91.3 Å². The van der Waals surface area contributed by atoms with Crippen molar-refractivity contribution in [2.45, 2.75) is 0 Å². The van der Waals surface area contributed by atoms with Gasteiger partial charge in [0, 0.05) is 24.0 Å². The molecule has 2 rings (SSSR count). The standard InChI is InChI=1S/C12H8F2N2/c13-12(14)7-9-3-1-2-4-10(9)11-8-15-5-6-16-11/h1-8H. The normalized spacial score (nSPS) is 9.88. The quantitative estimate of drug-likeness (QED) is 0.772. The van der Waals surface area contributed by atoms with E-state index in [0.29, 0.717) is 16.8 Å². The van der Waals surface area contributed by atoms with Gasteiger partial charge < -0.3 is 0 Å².